The van der Waals surface area contributed by atoms with Gasteiger partial charge in [-0.3, -0.25) is 4.79 Å². The minimum Gasteiger partial charge on any atom is -0.504 e. The summed E-state index contributed by atoms with van der Waals surface area (Å²) in [5.41, 5.74) is 2.10. The van der Waals surface area contributed by atoms with Gasteiger partial charge in [0.1, 0.15) is 6.29 Å². The lowest BCUT2D eigenvalue weighted by Crippen LogP contribution is -2.21. The SMILES string of the molecule is CC(C)(C)c1nc(-c2ccc(C=O)cc2)nc(C(C)(C)C)c1O. The summed E-state index contributed by atoms with van der Waals surface area (Å²) in [6.45, 7) is 12.1. The molecule has 0 saturated carbocycles. The molecule has 0 saturated heterocycles. The van der Waals surface area contributed by atoms with Gasteiger partial charge in [-0.2, -0.15) is 0 Å². The van der Waals surface area contributed by atoms with E-state index in [0.29, 0.717) is 22.8 Å². The lowest BCUT2D eigenvalue weighted by atomic mass is 9.85. The highest BCUT2D eigenvalue weighted by molar-refractivity contribution is 5.76. The van der Waals surface area contributed by atoms with E-state index in [1.54, 1.807) is 12.1 Å². The molecule has 1 N–H and O–H groups in total. The van der Waals surface area contributed by atoms with Gasteiger partial charge >= 0.3 is 0 Å². The van der Waals surface area contributed by atoms with Gasteiger partial charge in [0.25, 0.3) is 0 Å². The molecule has 1 heterocycles. The van der Waals surface area contributed by atoms with E-state index in [9.17, 15) is 9.90 Å². The summed E-state index contributed by atoms with van der Waals surface area (Å²) in [6.07, 6.45) is 0.808. The van der Waals surface area contributed by atoms with E-state index in [-0.39, 0.29) is 16.6 Å². The van der Waals surface area contributed by atoms with Crippen LogP contribution in [-0.2, 0) is 10.8 Å². The summed E-state index contributed by atoms with van der Waals surface area (Å²) >= 11 is 0. The second-order valence-electron chi connectivity index (χ2n) is 7.83. The maximum atomic E-state index is 10.8. The molecule has 0 unspecified atom stereocenters. The number of hydrogen-bond donors (Lipinski definition) is 1. The normalized spacial score (nSPS) is 12.3. The van der Waals surface area contributed by atoms with E-state index in [2.05, 4.69) is 9.97 Å². The van der Waals surface area contributed by atoms with Crippen molar-refractivity contribution in [1.29, 1.82) is 0 Å². The van der Waals surface area contributed by atoms with Crippen molar-refractivity contribution in [1.82, 2.24) is 9.97 Å². The number of hydrogen-bond acceptors (Lipinski definition) is 4. The lowest BCUT2D eigenvalue weighted by Gasteiger charge is -2.26. The van der Waals surface area contributed by atoms with Gasteiger partial charge in [0.15, 0.2) is 11.6 Å². The fourth-order valence-corrected chi connectivity index (χ4v) is 2.34. The molecular weight excluding hydrogens is 288 g/mol. The van der Waals surface area contributed by atoms with Crippen LogP contribution in [-0.4, -0.2) is 21.4 Å². The second kappa shape index (κ2) is 5.76. The maximum Gasteiger partial charge on any atom is 0.160 e. The first-order valence-corrected chi connectivity index (χ1v) is 7.71. The standard InChI is InChI=1S/C19H24N2O2/c1-18(2,3)15-14(23)16(19(4,5)6)21-17(20-15)13-9-7-12(11-22)8-10-13/h7-11,23H,1-6H3. The minimum atomic E-state index is -0.301. The molecule has 0 aliphatic carbocycles. The molecule has 0 radical (unpaired) electrons. The molecule has 0 aliphatic heterocycles. The van der Waals surface area contributed by atoms with Crippen LogP contribution in [0.2, 0.25) is 0 Å². The Bertz CT molecular complexity index is 686. The average Bonchev–Trinajstić information content (AvgIpc) is 2.45. The largest absolute Gasteiger partial charge is 0.504 e. The van der Waals surface area contributed by atoms with Crippen LogP contribution in [0.25, 0.3) is 11.4 Å². The molecule has 0 aliphatic rings. The van der Waals surface area contributed by atoms with E-state index < -0.39 is 0 Å². The first-order valence-electron chi connectivity index (χ1n) is 7.71. The van der Waals surface area contributed by atoms with E-state index >= 15 is 0 Å². The molecular formula is C19H24N2O2. The highest BCUT2D eigenvalue weighted by Crippen LogP contribution is 2.37. The van der Waals surface area contributed by atoms with Gasteiger partial charge in [0, 0.05) is 22.0 Å². The van der Waals surface area contributed by atoms with Crippen LogP contribution in [0.3, 0.4) is 0 Å². The molecule has 0 fully saturated rings. The van der Waals surface area contributed by atoms with Crippen molar-refractivity contribution in [3.8, 4) is 17.1 Å². The summed E-state index contributed by atoms with van der Waals surface area (Å²) in [5, 5.41) is 10.6. The Labute approximate surface area is 137 Å². The smallest absolute Gasteiger partial charge is 0.160 e. The van der Waals surface area contributed by atoms with Crippen LogP contribution in [0.15, 0.2) is 24.3 Å². The van der Waals surface area contributed by atoms with Crippen molar-refractivity contribution in [2.24, 2.45) is 0 Å². The van der Waals surface area contributed by atoms with Gasteiger partial charge in [-0.05, 0) is 0 Å². The third kappa shape index (κ3) is 3.58. The van der Waals surface area contributed by atoms with Crippen molar-refractivity contribution in [2.45, 2.75) is 52.4 Å². The van der Waals surface area contributed by atoms with E-state index in [4.69, 9.17) is 0 Å². The zero-order chi connectivity index (χ0) is 17.4. The highest BCUT2D eigenvalue weighted by Gasteiger charge is 2.29. The van der Waals surface area contributed by atoms with Gasteiger partial charge in [0.05, 0.1) is 11.4 Å². The molecule has 0 spiro atoms. The first kappa shape index (κ1) is 17.1. The van der Waals surface area contributed by atoms with Crippen LogP contribution < -0.4 is 0 Å². The van der Waals surface area contributed by atoms with Crippen molar-refractivity contribution >= 4 is 6.29 Å². The van der Waals surface area contributed by atoms with Crippen molar-refractivity contribution in [3.05, 3.63) is 41.2 Å². The number of aldehydes is 1. The summed E-state index contributed by atoms with van der Waals surface area (Å²) in [5.74, 6) is 0.730. The van der Waals surface area contributed by atoms with E-state index in [1.807, 2.05) is 53.7 Å². The number of carbonyl (C=O) groups is 1. The Morgan fingerprint density at radius 1 is 0.870 bits per heavy atom. The minimum absolute atomic E-state index is 0.165. The zero-order valence-electron chi connectivity index (χ0n) is 14.6. The highest BCUT2D eigenvalue weighted by atomic mass is 16.3. The molecule has 23 heavy (non-hydrogen) atoms. The number of aromatic nitrogens is 2. The second-order valence-corrected chi connectivity index (χ2v) is 7.83. The Hall–Kier alpha value is -2.23. The molecule has 4 heteroatoms. The van der Waals surface area contributed by atoms with Crippen molar-refractivity contribution < 1.29 is 9.90 Å². The summed E-state index contributed by atoms with van der Waals surface area (Å²) < 4.78 is 0. The number of aromatic hydroxyl groups is 1. The zero-order valence-corrected chi connectivity index (χ0v) is 14.6. The molecule has 2 rings (SSSR count). The predicted molar refractivity (Wildman–Crippen MR) is 91.9 cm³/mol. The first-order chi connectivity index (χ1) is 10.5. The van der Waals surface area contributed by atoms with Crippen LogP contribution in [0.5, 0.6) is 5.75 Å². The number of rotatable bonds is 2. The number of nitrogens with zero attached hydrogens (tertiary/aromatic N) is 2. The van der Waals surface area contributed by atoms with Gasteiger partial charge in [-0.15, -0.1) is 0 Å². The summed E-state index contributed by atoms with van der Waals surface area (Å²) in [7, 11) is 0. The average molecular weight is 312 g/mol. The fourth-order valence-electron chi connectivity index (χ4n) is 2.34. The van der Waals surface area contributed by atoms with Gasteiger partial charge in [0.2, 0.25) is 0 Å². The van der Waals surface area contributed by atoms with Crippen LogP contribution in [0.4, 0.5) is 0 Å². The van der Waals surface area contributed by atoms with Crippen molar-refractivity contribution in [2.75, 3.05) is 0 Å². The van der Waals surface area contributed by atoms with Crippen molar-refractivity contribution in [3.63, 3.8) is 0 Å². The molecule has 2 aromatic rings. The Morgan fingerprint density at radius 3 is 1.65 bits per heavy atom. The Kier molecular flexibility index (Phi) is 4.29. The summed E-state index contributed by atoms with van der Waals surface area (Å²) in [6, 6.07) is 7.14. The molecule has 4 nitrogen and oxygen atoms in total. The number of benzene rings is 1. The Morgan fingerprint density at radius 2 is 1.30 bits per heavy atom. The molecule has 1 aromatic heterocycles. The van der Waals surface area contributed by atoms with Crippen LogP contribution >= 0.6 is 0 Å². The van der Waals surface area contributed by atoms with Gasteiger partial charge in [-0.25, -0.2) is 9.97 Å². The van der Waals surface area contributed by atoms with E-state index in [1.165, 1.54) is 0 Å². The molecule has 0 amide bonds. The van der Waals surface area contributed by atoms with Gasteiger partial charge < -0.3 is 5.11 Å². The van der Waals surface area contributed by atoms with Crippen LogP contribution in [0.1, 0.15) is 63.3 Å². The summed E-state index contributed by atoms with van der Waals surface area (Å²) in [4.78, 5) is 20.0. The molecule has 122 valence electrons. The molecule has 0 atom stereocenters. The van der Waals surface area contributed by atoms with E-state index in [0.717, 1.165) is 11.8 Å². The monoisotopic (exact) mass is 312 g/mol. The third-order valence-corrected chi connectivity index (χ3v) is 3.61. The number of carbonyl (C=O) groups excluding carboxylic acids is 1. The fraction of sp³-hybridized carbons (Fsp3) is 0.421. The molecule has 1 aromatic carbocycles. The Balaban J connectivity index is 2.70. The third-order valence-electron chi connectivity index (χ3n) is 3.61. The molecule has 0 bridgehead atoms. The quantitative estimate of drug-likeness (QED) is 0.842. The topological polar surface area (TPSA) is 63.1 Å². The van der Waals surface area contributed by atoms with Crippen LogP contribution in [0, 0.1) is 0 Å². The lowest BCUT2D eigenvalue weighted by molar-refractivity contribution is 0.112. The van der Waals surface area contributed by atoms with Gasteiger partial charge in [-0.1, -0.05) is 65.8 Å². The maximum absolute atomic E-state index is 10.8. The predicted octanol–water partition coefficient (Wildman–Crippen LogP) is 4.26.